The molecule has 0 bridgehead atoms. The smallest absolute Gasteiger partial charge is 0.319 e. The van der Waals surface area contributed by atoms with Gasteiger partial charge in [0.25, 0.3) is 5.91 Å². The van der Waals surface area contributed by atoms with Gasteiger partial charge in [-0.15, -0.1) is 0 Å². The van der Waals surface area contributed by atoms with Crippen LogP contribution in [0.4, 0.5) is 10.5 Å². The second-order valence-corrected chi connectivity index (χ2v) is 8.82. The molecule has 2 aromatic carbocycles. The van der Waals surface area contributed by atoms with E-state index in [0.717, 1.165) is 10.0 Å². The van der Waals surface area contributed by atoms with Crippen molar-refractivity contribution in [1.82, 2.24) is 10.6 Å². The maximum Gasteiger partial charge on any atom is 0.319 e. The minimum Gasteiger partial charge on any atom is -0.327 e. The average Bonchev–Trinajstić information content (AvgIpc) is 2.62. The van der Waals surface area contributed by atoms with Crippen molar-refractivity contribution < 1.29 is 9.59 Å². The van der Waals surface area contributed by atoms with Crippen LogP contribution in [0.15, 0.2) is 64.3 Å². The number of urea groups is 1. The molecule has 1 atom stereocenters. The molecule has 28 heavy (non-hydrogen) atoms. The highest BCUT2D eigenvalue weighted by Crippen LogP contribution is 2.30. The molecular weight excluding hydrogens is 418 g/mol. The van der Waals surface area contributed by atoms with Gasteiger partial charge in [-0.1, -0.05) is 61.0 Å². The summed E-state index contributed by atoms with van der Waals surface area (Å²) in [6.45, 7) is 8.19. The second-order valence-electron chi connectivity index (χ2n) is 7.90. The SMILES string of the molecule is CC1=C(C(=O)Nc2ccc(Br)cc2)C(c2ccc(C(C)(C)C)cc2)NC(=O)N1. The van der Waals surface area contributed by atoms with E-state index < -0.39 is 6.04 Å². The van der Waals surface area contributed by atoms with Crippen LogP contribution >= 0.6 is 15.9 Å². The van der Waals surface area contributed by atoms with E-state index in [1.54, 1.807) is 6.92 Å². The maximum atomic E-state index is 13.0. The van der Waals surface area contributed by atoms with Crippen molar-refractivity contribution in [2.24, 2.45) is 0 Å². The lowest BCUT2D eigenvalue weighted by Crippen LogP contribution is -2.46. The molecule has 2 aromatic rings. The third-order valence-electron chi connectivity index (χ3n) is 4.73. The molecule has 0 saturated heterocycles. The van der Waals surface area contributed by atoms with Gasteiger partial charge >= 0.3 is 6.03 Å². The largest absolute Gasteiger partial charge is 0.327 e. The monoisotopic (exact) mass is 441 g/mol. The van der Waals surface area contributed by atoms with E-state index in [1.165, 1.54) is 5.56 Å². The van der Waals surface area contributed by atoms with E-state index in [-0.39, 0.29) is 17.4 Å². The van der Waals surface area contributed by atoms with Gasteiger partial charge < -0.3 is 16.0 Å². The van der Waals surface area contributed by atoms with Crippen LogP contribution in [0.5, 0.6) is 0 Å². The summed E-state index contributed by atoms with van der Waals surface area (Å²) in [6.07, 6.45) is 0. The summed E-state index contributed by atoms with van der Waals surface area (Å²) >= 11 is 3.38. The number of rotatable bonds is 3. The molecule has 146 valence electrons. The summed E-state index contributed by atoms with van der Waals surface area (Å²) in [5, 5.41) is 8.48. The summed E-state index contributed by atoms with van der Waals surface area (Å²) in [7, 11) is 0. The highest BCUT2D eigenvalue weighted by molar-refractivity contribution is 9.10. The zero-order valence-electron chi connectivity index (χ0n) is 16.4. The average molecular weight is 442 g/mol. The minimum absolute atomic E-state index is 0.0312. The van der Waals surface area contributed by atoms with Gasteiger partial charge in [-0.05, 0) is 47.7 Å². The molecule has 0 fully saturated rings. The van der Waals surface area contributed by atoms with Crippen molar-refractivity contribution in [3.05, 3.63) is 75.4 Å². The highest BCUT2D eigenvalue weighted by atomic mass is 79.9. The molecule has 0 aliphatic carbocycles. The number of nitrogens with one attached hydrogen (secondary N) is 3. The van der Waals surface area contributed by atoms with E-state index in [9.17, 15) is 9.59 Å². The molecule has 3 N–H and O–H groups in total. The van der Waals surface area contributed by atoms with Gasteiger partial charge in [0.15, 0.2) is 0 Å². The standard InChI is InChI=1S/C22H24BrN3O2/c1-13-18(20(27)25-17-11-9-16(23)10-12-17)19(26-21(28)24-13)14-5-7-15(8-6-14)22(2,3)4/h5-12,19H,1-4H3,(H,25,27)(H2,24,26,28). The summed E-state index contributed by atoms with van der Waals surface area (Å²) in [6, 6.07) is 14.6. The Bertz CT molecular complexity index is 926. The fraction of sp³-hybridized carbons (Fsp3) is 0.273. The first kappa shape index (κ1) is 20.1. The Morgan fingerprint density at radius 2 is 1.64 bits per heavy atom. The van der Waals surface area contributed by atoms with Crippen molar-refractivity contribution in [3.8, 4) is 0 Å². The molecule has 1 unspecified atom stereocenters. The predicted molar refractivity (Wildman–Crippen MR) is 115 cm³/mol. The third kappa shape index (κ3) is 4.44. The maximum absolute atomic E-state index is 13.0. The first-order valence-corrected chi connectivity index (χ1v) is 9.90. The molecule has 1 aliphatic rings. The molecule has 0 radical (unpaired) electrons. The molecule has 5 nitrogen and oxygen atoms in total. The summed E-state index contributed by atoms with van der Waals surface area (Å²) in [4.78, 5) is 25.1. The quantitative estimate of drug-likeness (QED) is 0.625. The highest BCUT2D eigenvalue weighted by Gasteiger charge is 2.31. The molecule has 1 heterocycles. The summed E-state index contributed by atoms with van der Waals surface area (Å²) in [5.41, 5.74) is 3.81. The van der Waals surface area contributed by atoms with Crippen molar-refractivity contribution in [1.29, 1.82) is 0 Å². The van der Waals surface area contributed by atoms with E-state index in [0.29, 0.717) is 17.0 Å². The number of anilines is 1. The van der Waals surface area contributed by atoms with Crippen molar-refractivity contribution >= 4 is 33.6 Å². The lowest BCUT2D eigenvalue weighted by atomic mass is 9.85. The van der Waals surface area contributed by atoms with Gasteiger partial charge in [0, 0.05) is 15.9 Å². The number of hydrogen-bond donors (Lipinski definition) is 3. The fourth-order valence-corrected chi connectivity index (χ4v) is 3.42. The molecule has 3 rings (SSSR count). The molecule has 3 amide bonds. The summed E-state index contributed by atoms with van der Waals surface area (Å²) in [5.74, 6) is -0.253. The number of allylic oxidation sites excluding steroid dienone is 1. The lowest BCUT2D eigenvalue weighted by Gasteiger charge is -2.29. The van der Waals surface area contributed by atoms with Crippen LogP contribution in [-0.2, 0) is 10.2 Å². The van der Waals surface area contributed by atoms with E-state index >= 15 is 0 Å². The Morgan fingerprint density at radius 1 is 1.04 bits per heavy atom. The molecule has 0 spiro atoms. The van der Waals surface area contributed by atoms with Crippen LogP contribution in [0, 0.1) is 0 Å². The predicted octanol–water partition coefficient (Wildman–Crippen LogP) is 5.01. The fourth-order valence-electron chi connectivity index (χ4n) is 3.15. The van der Waals surface area contributed by atoms with Crippen LogP contribution < -0.4 is 16.0 Å². The Hall–Kier alpha value is -2.60. The second kappa shape index (κ2) is 7.80. The normalized spacial score (nSPS) is 17.0. The summed E-state index contributed by atoms with van der Waals surface area (Å²) < 4.78 is 0.935. The van der Waals surface area contributed by atoms with Gasteiger partial charge in [0.1, 0.15) is 0 Å². The van der Waals surface area contributed by atoms with Crippen LogP contribution in [0.2, 0.25) is 0 Å². The minimum atomic E-state index is -0.516. The molecule has 0 saturated carbocycles. The van der Waals surface area contributed by atoms with Gasteiger partial charge in [-0.2, -0.15) is 0 Å². The van der Waals surface area contributed by atoms with Crippen molar-refractivity contribution in [2.75, 3.05) is 5.32 Å². The van der Waals surface area contributed by atoms with Crippen molar-refractivity contribution in [2.45, 2.75) is 39.2 Å². The third-order valence-corrected chi connectivity index (χ3v) is 5.25. The van der Waals surface area contributed by atoms with E-state index in [4.69, 9.17) is 0 Å². The van der Waals surface area contributed by atoms with E-state index in [1.807, 2.05) is 48.5 Å². The molecule has 1 aliphatic heterocycles. The number of carbonyl (C=O) groups excluding carboxylic acids is 2. The topological polar surface area (TPSA) is 70.2 Å². The zero-order valence-corrected chi connectivity index (χ0v) is 18.0. The number of halogens is 1. The first-order chi connectivity index (χ1) is 13.1. The Balaban J connectivity index is 1.92. The van der Waals surface area contributed by atoms with Gasteiger partial charge in [0.2, 0.25) is 0 Å². The van der Waals surface area contributed by atoms with Crippen LogP contribution in [0.25, 0.3) is 0 Å². The van der Waals surface area contributed by atoms with Crippen LogP contribution in [0.3, 0.4) is 0 Å². The Morgan fingerprint density at radius 3 is 2.21 bits per heavy atom. The van der Waals surface area contributed by atoms with Crippen LogP contribution in [-0.4, -0.2) is 11.9 Å². The number of carbonyl (C=O) groups is 2. The molecule has 6 heteroatoms. The number of amides is 3. The number of hydrogen-bond acceptors (Lipinski definition) is 2. The number of benzene rings is 2. The van der Waals surface area contributed by atoms with Crippen LogP contribution in [0.1, 0.15) is 44.9 Å². The molecule has 0 aromatic heterocycles. The molecular formula is C22H24BrN3O2. The Labute approximate surface area is 173 Å². The van der Waals surface area contributed by atoms with Gasteiger partial charge in [0.05, 0.1) is 11.6 Å². The van der Waals surface area contributed by atoms with E-state index in [2.05, 4.69) is 52.7 Å². The van der Waals surface area contributed by atoms with Gasteiger partial charge in [-0.3, -0.25) is 4.79 Å². The lowest BCUT2D eigenvalue weighted by molar-refractivity contribution is -0.113. The zero-order chi connectivity index (χ0) is 20.5. The Kier molecular flexibility index (Phi) is 5.61. The first-order valence-electron chi connectivity index (χ1n) is 9.11. The van der Waals surface area contributed by atoms with Crippen molar-refractivity contribution in [3.63, 3.8) is 0 Å². The van der Waals surface area contributed by atoms with Gasteiger partial charge in [-0.25, -0.2) is 4.79 Å².